The van der Waals surface area contributed by atoms with E-state index in [0.717, 1.165) is 11.1 Å². The van der Waals surface area contributed by atoms with Crippen molar-refractivity contribution >= 4 is 17.6 Å². The predicted molar refractivity (Wildman–Crippen MR) is 104 cm³/mol. The van der Waals surface area contributed by atoms with Crippen molar-refractivity contribution in [2.45, 2.75) is 13.2 Å². The molecule has 6 nitrogen and oxygen atoms in total. The second-order valence-electron chi connectivity index (χ2n) is 6.17. The Bertz CT molecular complexity index is 1070. The number of rotatable bonds is 6. The van der Waals surface area contributed by atoms with Crippen LogP contribution in [0.1, 0.15) is 21.7 Å². The van der Waals surface area contributed by atoms with E-state index in [1.807, 2.05) is 42.5 Å². The van der Waals surface area contributed by atoms with Crippen molar-refractivity contribution in [2.75, 3.05) is 0 Å². The Morgan fingerprint density at radius 2 is 1.89 bits per heavy atom. The molecule has 2 aromatic heterocycles. The first kappa shape index (κ1) is 18.0. The number of benzene rings is 2. The van der Waals surface area contributed by atoms with Crippen LogP contribution < -0.4 is 0 Å². The summed E-state index contributed by atoms with van der Waals surface area (Å²) in [6.45, 7) is 0.573. The summed E-state index contributed by atoms with van der Waals surface area (Å²) >= 11 is 5.89. The maximum atomic E-state index is 12.2. The largest absolute Gasteiger partial charge is 0.454 e. The summed E-state index contributed by atoms with van der Waals surface area (Å²) in [6, 6.07) is 18.9. The molecule has 0 atom stereocenters. The summed E-state index contributed by atoms with van der Waals surface area (Å²) in [7, 11) is 0. The van der Waals surface area contributed by atoms with Gasteiger partial charge in [-0.25, -0.2) is 4.79 Å². The third-order valence-corrected chi connectivity index (χ3v) is 4.35. The second kappa shape index (κ2) is 8.10. The number of carbonyl (C=O) groups excluding carboxylic acids is 1. The number of ether oxygens (including phenoxy) is 1. The Balaban J connectivity index is 1.35. The van der Waals surface area contributed by atoms with E-state index < -0.39 is 5.97 Å². The number of hydrogen-bond acceptors (Lipinski definition) is 5. The molecule has 0 aliphatic carbocycles. The van der Waals surface area contributed by atoms with Gasteiger partial charge < -0.3 is 9.26 Å². The van der Waals surface area contributed by atoms with E-state index in [9.17, 15) is 4.79 Å². The van der Waals surface area contributed by atoms with Crippen LogP contribution in [0.25, 0.3) is 11.3 Å². The standard InChI is InChI=1S/C21H16ClN3O3/c22-18-8-6-16(7-9-18)20-10-19(28-24-20)14-27-21(26)17-11-23-25(13-17)12-15-4-2-1-3-5-15/h1-11,13H,12,14H2. The molecule has 0 unspecified atom stereocenters. The maximum absolute atomic E-state index is 12.2. The predicted octanol–water partition coefficient (Wildman–Crippen LogP) is 4.60. The van der Waals surface area contributed by atoms with Gasteiger partial charge >= 0.3 is 5.97 Å². The van der Waals surface area contributed by atoms with Crippen LogP contribution in [0, 0.1) is 0 Å². The van der Waals surface area contributed by atoms with Crippen molar-refractivity contribution in [1.29, 1.82) is 0 Å². The zero-order valence-electron chi connectivity index (χ0n) is 14.8. The molecule has 140 valence electrons. The van der Waals surface area contributed by atoms with Crippen molar-refractivity contribution < 1.29 is 14.1 Å². The molecule has 2 aromatic carbocycles. The molecular weight excluding hydrogens is 378 g/mol. The third-order valence-electron chi connectivity index (χ3n) is 4.10. The molecule has 0 radical (unpaired) electrons. The van der Waals surface area contributed by atoms with E-state index in [2.05, 4.69) is 10.3 Å². The molecular formula is C21H16ClN3O3. The van der Waals surface area contributed by atoms with E-state index in [-0.39, 0.29) is 6.61 Å². The average molecular weight is 394 g/mol. The lowest BCUT2D eigenvalue weighted by Gasteiger charge is -2.01. The normalized spacial score (nSPS) is 10.8. The van der Waals surface area contributed by atoms with Crippen molar-refractivity contribution in [3.05, 3.63) is 95.0 Å². The zero-order chi connectivity index (χ0) is 19.3. The summed E-state index contributed by atoms with van der Waals surface area (Å²) in [5.41, 5.74) is 3.00. The molecule has 0 saturated carbocycles. The molecule has 0 fully saturated rings. The van der Waals surface area contributed by atoms with Gasteiger partial charge in [-0.3, -0.25) is 4.68 Å². The van der Waals surface area contributed by atoms with E-state index >= 15 is 0 Å². The van der Waals surface area contributed by atoms with Crippen molar-refractivity contribution in [3.8, 4) is 11.3 Å². The minimum atomic E-state index is -0.469. The first-order chi connectivity index (χ1) is 13.7. The van der Waals surface area contributed by atoms with Gasteiger partial charge in [0.15, 0.2) is 12.4 Å². The van der Waals surface area contributed by atoms with Crippen LogP contribution in [0.15, 0.2) is 77.6 Å². The molecule has 7 heteroatoms. The van der Waals surface area contributed by atoms with Gasteiger partial charge in [-0.2, -0.15) is 5.10 Å². The molecule has 0 bridgehead atoms. The smallest absolute Gasteiger partial charge is 0.341 e. The minimum absolute atomic E-state index is 0.0106. The SMILES string of the molecule is O=C(OCc1cc(-c2ccc(Cl)cc2)no1)c1cnn(Cc2ccccc2)c1. The van der Waals surface area contributed by atoms with Gasteiger partial charge in [0.05, 0.1) is 18.3 Å². The molecule has 0 amide bonds. The Kier molecular flexibility index (Phi) is 5.21. The van der Waals surface area contributed by atoms with Gasteiger partial charge in [0.2, 0.25) is 0 Å². The molecule has 4 aromatic rings. The van der Waals surface area contributed by atoms with Gasteiger partial charge in [-0.05, 0) is 17.7 Å². The highest BCUT2D eigenvalue weighted by Gasteiger charge is 2.13. The average Bonchev–Trinajstić information content (AvgIpc) is 3.37. The quantitative estimate of drug-likeness (QED) is 0.448. The highest BCUT2D eigenvalue weighted by molar-refractivity contribution is 6.30. The molecule has 2 heterocycles. The molecule has 0 spiro atoms. The fraction of sp³-hybridized carbons (Fsp3) is 0.0952. The van der Waals surface area contributed by atoms with E-state index in [1.165, 1.54) is 6.20 Å². The first-order valence-electron chi connectivity index (χ1n) is 8.62. The lowest BCUT2D eigenvalue weighted by atomic mass is 10.1. The van der Waals surface area contributed by atoms with Crippen molar-refractivity contribution in [2.24, 2.45) is 0 Å². The Morgan fingerprint density at radius 3 is 2.68 bits per heavy atom. The van der Waals surface area contributed by atoms with Crippen LogP contribution in [0.3, 0.4) is 0 Å². The van der Waals surface area contributed by atoms with Crippen LogP contribution in [0.5, 0.6) is 0 Å². The molecule has 0 N–H and O–H groups in total. The summed E-state index contributed by atoms with van der Waals surface area (Å²) < 4.78 is 12.2. The summed E-state index contributed by atoms with van der Waals surface area (Å²) in [5, 5.41) is 8.85. The monoisotopic (exact) mass is 393 g/mol. The van der Waals surface area contributed by atoms with Gasteiger partial charge in [0, 0.05) is 22.8 Å². The fourth-order valence-electron chi connectivity index (χ4n) is 2.68. The van der Waals surface area contributed by atoms with Crippen molar-refractivity contribution in [1.82, 2.24) is 14.9 Å². The highest BCUT2D eigenvalue weighted by atomic mass is 35.5. The van der Waals surface area contributed by atoms with Crippen LogP contribution in [0.2, 0.25) is 5.02 Å². The lowest BCUT2D eigenvalue weighted by Crippen LogP contribution is -2.04. The topological polar surface area (TPSA) is 70.2 Å². The fourth-order valence-corrected chi connectivity index (χ4v) is 2.81. The van der Waals surface area contributed by atoms with E-state index in [4.69, 9.17) is 20.9 Å². The Labute approximate surface area is 166 Å². The number of nitrogens with zero attached hydrogens (tertiary/aromatic N) is 3. The summed E-state index contributed by atoms with van der Waals surface area (Å²) in [4.78, 5) is 12.2. The van der Waals surface area contributed by atoms with Gasteiger partial charge in [0.25, 0.3) is 0 Å². The summed E-state index contributed by atoms with van der Waals surface area (Å²) in [6.07, 6.45) is 3.15. The first-order valence-corrected chi connectivity index (χ1v) is 9.00. The van der Waals surface area contributed by atoms with Crippen LogP contribution >= 0.6 is 11.6 Å². The third kappa shape index (κ3) is 4.29. The van der Waals surface area contributed by atoms with Crippen LogP contribution in [-0.4, -0.2) is 20.9 Å². The van der Waals surface area contributed by atoms with Gasteiger partial charge in [-0.15, -0.1) is 0 Å². The van der Waals surface area contributed by atoms with E-state index in [1.54, 1.807) is 29.1 Å². The number of esters is 1. The molecule has 28 heavy (non-hydrogen) atoms. The molecule has 0 saturated heterocycles. The minimum Gasteiger partial charge on any atom is -0.454 e. The number of halogens is 1. The number of carbonyl (C=O) groups is 1. The Hall–Kier alpha value is -3.38. The van der Waals surface area contributed by atoms with E-state index in [0.29, 0.717) is 28.6 Å². The van der Waals surface area contributed by atoms with Crippen LogP contribution in [0.4, 0.5) is 0 Å². The van der Waals surface area contributed by atoms with Crippen LogP contribution in [-0.2, 0) is 17.9 Å². The number of hydrogen-bond donors (Lipinski definition) is 0. The second-order valence-corrected chi connectivity index (χ2v) is 6.61. The molecule has 4 rings (SSSR count). The highest BCUT2D eigenvalue weighted by Crippen LogP contribution is 2.21. The van der Waals surface area contributed by atoms with Gasteiger partial charge in [0.1, 0.15) is 5.69 Å². The molecule has 0 aliphatic heterocycles. The number of aromatic nitrogens is 3. The zero-order valence-corrected chi connectivity index (χ0v) is 15.5. The van der Waals surface area contributed by atoms with Crippen molar-refractivity contribution in [3.63, 3.8) is 0 Å². The Morgan fingerprint density at radius 1 is 1.11 bits per heavy atom. The lowest BCUT2D eigenvalue weighted by molar-refractivity contribution is 0.0437. The molecule has 0 aliphatic rings. The van der Waals surface area contributed by atoms with Gasteiger partial charge in [-0.1, -0.05) is 59.2 Å². The maximum Gasteiger partial charge on any atom is 0.341 e. The summed E-state index contributed by atoms with van der Waals surface area (Å²) in [5.74, 6) is -0.0151.